The summed E-state index contributed by atoms with van der Waals surface area (Å²) >= 11 is 7.42. The number of nitrogens with zero attached hydrogens (tertiary/aromatic N) is 4. The Labute approximate surface area is 226 Å². The van der Waals surface area contributed by atoms with Crippen LogP contribution < -0.4 is 15.5 Å². The first-order chi connectivity index (χ1) is 17.9. The predicted molar refractivity (Wildman–Crippen MR) is 153 cm³/mol. The summed E-state index contributed by atoms with van der Waals surface area (Å²) in [5.41, 5.74) is 2.67. The number of hydrogen-bond donors (Lipinski definition) is 2. The molecule has 1 aliphatic rings. The molecule has 7 nitrogen and oxygen atoms in total. The molecule has 0 unspecified atom stereocenters. The van der Waals surface area contributed by atoms with E-state index in [9.17, 15) is 4.79 Å². The summed E-state index contributed by atoms with van der Waals surface area (Å²) in [7, 11) is 4.01. The van der Waals surface area contributed by atoms with E-state index < -0.39 is 0 Å². The topological polar surface area (TPSA) is 83.0 Å². The Morgan fingerprint density at radius 1 is 1.03 bits per heavy atom. The zero-order valence-corrected chi connectivity index (χ0v) is 22.9. The van der Waals surface area contributed by atoms with Crippen molar-refractivity contribution in [1.29, 1.82) is 0 Å². The average molecular weight is 535 g/mol. The van der Waals surface area contributed by atoms with E-state index in [4.69, 9.17) is 21.6 Å². The fraction of sp³-hybridized carbons (Fsp3) is 0.357. The predicted octanol–water partition coefficient (Wildman–Crippen LogP) is 6.18. The lowest BCUT2D eigenvalue weighted by molar-refractivity contribution is 0.0946. The van der Waals surface area contributed by atoms with Crippen molar-refractivity contribution in [3.63, 3.8) is 0 Å². The van der Waals surface area contributed by atoms with Gasteiger partial charge in [-0.25, -0.2) is 9.97 Å². The number of hydrogen-bond acceptors (Lipinski definition) is 7. The summed E-state index contributed by atoms with van der Waals surface area (Å²) in [5, 5.41) is 9.27. The van der Waals surface area contributed by atoms with Gasteiger partial charge in [-0.1, -0.05) is 35.9 Å². The van der Waals surface area contributed by atoms with Crippen molar-refractivity contribution >= 4 is 51.5 Å². The molecule has 0 radical (unpaired) electrons. The largest absolute Gasteiger partial charge is 0.362 e. The van der Waals surface area contributed by atoms with Crippen molar-refractivity contribution in [3.05, 3.63) is 64.1 Å². The number of thiazole rings is 1. The number of aromatic nitrogens is 3. The van der Waals surface area contributed by atoms with Crippen LogP contribution in [0.25, 0.3) is 21.5 Å². The molecule has 2 N–H and O–H groups in total. The van der Waals surface area contributed by atoms with E-state index in [2.05, 4.69) is 21.7 Å². The Bertz CT molecular complexity index is 1400. The molecule has 0 spiro atoms. The molecular weight excluding hydrogens is 504 g/mol. The van der Waals surface area contributed by atoms with Crippen LogP contribution in [0.1, 0.15) is 41.0 Å². The Morgan fingerprint density at radius 3 is 2.49 bits per heavy atom. The maximum atomic E-state index is 12.9. The molecule has 0 saturated heterocycles. The fourth-order valence-corrected chi connectivity index (χ4v) is 5.91. The van der Waals surface area contributed by atoms with E-state index in [0.29, 0.717) is 34.4 Å². The van der Waals surface area contributed by atoms with Gasteiger partial charge in [0, 0.05) is 42.7 Å². The first kappa shape index (κ1) is 25.4. The van der Waals surface area contributed by atoms with Gasteiger partial charge >= 0.3 is 0 Å². The third-order valence-corrected chi connectivity index (χ3v) is 8.29. The molecule has 5 rings (SSSR count). The van der Waals surface area contributed by atoms with E-state index >= 15 is 0 Å². The zero-order valence-electron chi connectivity index (χ0n) is 21.3. The van der Waals surface area contributed by atoms with Crippen LogP contribution in [0.2, 0.25) is 5.02 Å². The number of anilines is 2. The molecule has 4 aromatic rings. The molecule has 0 atom stereocenters. The third-order valence-electron chi connectivity index (χ3n) is 6.83. The van der Waals surface area contributed by atoms with E-state index in [1.54, 1.807) is 0 Å². The van der Waals surface area contributed by atoms with Crippen molar-refractivity contribution in [2.75, 3.05) is 30.9 Å². The Morgan fingerprint density at radius 2 is 1.76 bits per heavy atom. The minimum absolute atomic E-state index is 0.0451. The summed E-state index contributed by atoms with van der Waals surface area (Å²) in [6.07, 6.45) is 4.14. The van der Waals surface area contributed by atoms with Gasteiger partial charge in [0.1, 0.15) is 15.7 Å². The van der Waals surface area contributed by atoms with Gasteiger partial charge in [0.15, 0.2) is 0 Å². The molecule has 1 saturated carbocycles. The van der Waals surface area contributed by atoms with Crippen LogP contribution in [0.4, 0.5) is 11.8 Å². The SMILES string of the molecule is Cc1nc(-c2ccc(Cl)cc2)sc1C(=O)NCC1CCC(Nc2nc(N(C)C)c3ccccc3n2)CC1. The Kier molecular flexibility index (Phi) is 7.58. The van der Waals surface area contributed by atoms with Crippen LogP contribution in [0, 0.1) is 12.8 Å². The molecule has 0 aliphatic heterocycles. The molecule has 1 aliphatic carbocycles. The first-order valence-corrected chi connectivity index (χ1v) is 13.8. The second-order valence-corrected chi connectivity index (χ2v) is 11.2. The third kappa shape index (κ3) is 5.86. The molecule has 192 valence electrons. The number of halogens is 1. The maximum absolute atomic E-state index is 12.9. The molecule has 1 amide bonds. The van der Waals surface area contributed by atoms with Gasteiger partial charge < -0.3 is 15.5 Å². The van der Waals surface area contributed by atoms with Crippen LogP contribution in [-0.4, -0.2) is 47.5 Å². The Hall–Kier alpha value is -3.23. The summed E-state index contributed by atoms with van der Waals surface area (Å²) in [6.45, 7) is 2.56. The minimum atomic E-state index is -0.0451. The summed E-state index contributed by atoms with van der Waals surface area (Å²) < 4.78 is 0. The van der Waals surface area contributed by atoms with Crippen LogP contribution in [0.5, 0.6) is 0 Å². The zero-order chi connectivity index (χ0) is 25.9. The van der Waals surface area contributed by atoms with Gasteiger partial charge in [-0.15, -0.1) is 11.3 Å². The van der Waals surface area contributed by atoms with Gasteiger partial charge in [-0.05, 0) is 62.8 Å². The van der Waals surface area contributed by atoms with Crippen molar-refractivity contribution < 1.29 is 4.79 Å². The molecule has 1 fully saturated rings. The van der Waals surface area contributed by atoms with E-state index in [1.165, 1.54) is 11.3 Å². The van der Waals surface area contributed by atoms with E-state index in [-0.39, 0.29) is 5.91 Å². The highest BCUT2D eigenvalue weighted by Gasteiger charge is 2.24. The minimum Gasteiger partial charge on any atom is -0.362 e. The smallest absolute Gasteiger partial charge is 0.263 e. The van der Waals surface area contributed by atoms with Crippen molar-refractivity contribution in [1.82, 2.24) is 20.3 Å². The second kappa shape index (κ2) is 11.0. The van der Waals surface area contributed by atoms with Crippen molar-refractivity contribution in [3.8, 4) is 10.6 Å². The molecule has 2 aromatic carbocycles. The molecule has 2 heterocycles. The highest BCUT2D eigenvalue weighted by Crippen LogP contribution is 2.30. The van der Waals surface area contributed by atoms with Crippen LogP contribution in [0.3, 0.4) is 0 Å². The number of carbonyl (C=O) groups is 1. The lowest BCUT2D eigenvalue weighted by Crippen LogP contribution is -2.34. The average Bonchev–Trinajstić information content (AvgIpc) is 3.29. The van der Waals surface area contributed by atoms with Crippen molar-refractivity contribution in [2.24, 2.45) is 5.92 Å². The number of benzene rings is 2. The van der Waals surface area contributed by atoms with E-state index in [1.807, 2.05) is 68.4 Å². The van der Waals surface area contributed by atoms with Gasteiger partial charge in [0.25, 0.3) is 5.91 Å². The normalized spacial score (nSPS) is 17.5. The van der Waals surface area contributed by atoms with Gasteiger partial charge in [-0.2, -0.15) is 4.98 Å². The number of aryl methyl sites for hydroxylation is 1. The number of nitrogens with one attached hydrogen (secondary N) is 2. The number of fused-ring (bicyclic) bond motifs is 1. The van der Waals surface area contributed by atoms with Crippen LogP contribution in [0.15, 0.2) is 48.5 Å². The molecule has 0 bridgehead atoms. The standard InChI is InChI=1S/C28H31ClN6OS/c1-17-24(37-27(31-17)19-10-12-20(29)13-11-19)26(36)30-16-18-8-14-21(15-9-18)32-28-33-23-7-5-4-6-22(23)25(34-28)35(2)3/h4-7,10-13,18,21H,8-9,14-16H2,1-3H3,(H,30,36)(H,32,33,34). The highest BCUT2D eigenvalue weighted by molar-refractivity contribution is 7.17. The van der Waals surface area contributed by atoms with Gasteiger partial charge in [-0.3, -0.25) is 4.79 Å². The number of para-hydroxylation sites is 1. The summed E-state index contributed by atoms with van der Waals surface area (Å²) in [5.74, 6) is 2.01. The summed E-state index contributed by atoms with van der Waals surface area (Å²) in [4.78, 5) is 29.7. The molecular formula is C28H31ClN6OS. The second-order valence-electron chi connectivity index (χ2n) is 9.79. The lowest BCUT2D eigenvalue weighted by Gasteiger charge is -2.29. The first-order valence-electron chi connectivity index (χ1n) is 12.6. The van der Waals surface area contributed by atoms with Crippen LogP contribution >= 0.6 is 22.9 Å². The Balaban J connectivity index is 1.15. The fourth-order valence-electron chi connectivity index (χ4n) is 4.80. The van der Waals surface area contributed by atoms with Crippen LogP contribution in [-0.2, 0) is 0 Å². The number of rotatable bonds is 7. The molecule has 9 heteroatoms. The number of carbonyl (C=O) groups excluding carboxylic acids is 1. The highest BCUT2D eigenvalue weighted by atomic mass is 35.5. The monoisotopic (exact) mass is 534 g/mol. The number of amides is 1. The van der Waals surface area contributed by atoms with E-state index in [0.717, 1.165) is 58.7 Å². The molecule has 37 heavy (non-hydrogen) atoms. The van der Waals surface area contributed by atoms with Crippen molar-refractivity contribution in [2.45, 2.75) is 38.6 Å². The maximum Gasteiger partial charge on any atom is 0.263 e. The van der Waals surface area contributed by atoms with Gasteiger partial charge in [0.2, 0.25) is 5.95 Å². The quantitative estimate of drug-likeness (QED) is 0.294. The summed E-state index contributed by atoms with van der Waals surface area (Å²) in [6, 6.07) is 16.0. The lowest BCUT2D eigenvalue weighted by atomic mass is 9.86. The molecule has 2 aromatic heterocycles. The van der Waals surface area contributed by atoms with Gasteiger partial charge in [0.05, 0.1) is 11.2 Å².